The molecule has 2 rings (SSSR count). The van der Waals surface area contributed by atoms with Crippen LogP contribution in [0.15, 0.2) is 35.5 Å². The van der Waals surface area contributed by atoms with Gasteiger partial charge in [0.25, 0.3) is 0 Å². The fourth-order valence-electron chi connectivity index (χ4n) is 1.83. The minimum atomic E-state index is -3.74. The van der Waals surface area contributed by atoms with Crippen LogP contribution >= 0.6 is 11.6 Å². The molecule has 0 radical (unpaired) electrons. The van der Waals surface area contributed by atoms with E-state index in [2.05, 4.69) is 5.10 Å². The van der Waals surface area contributed by atoms with Crippen LogP contribution in [-0.4, -0.2) is 29.3 Å². The van der Waals surface area contributed by atoms with Gasteiger partial charge in [-0.25, -0.2) is 13.2 Å². The van der Waals surface area contributed by atoms with E-state index in [9.17, 15) is 13.2 Å². The number of carboxylic acids is 1. The van der Waals surface area contributed by atoms with Crippen LogP contribution < -0.4 is 0 Å². The summed E-state index contributed by atoms with van der Waals surface area (Å²) in [6.45, 7) is 2.52. The molecule has 6 nitrogen and oxygen atoms in total. The van der Waals surface area contributed by atoms with E-state index in [1.807, 2.05) is 6.92 Å². The monoisotopic (exact) mass is 328 g/mol. The highest BCUT2D eigenvalue weighted by molar-refractivity contribution is 7.90. The maximum Gasteiger partial charge on any atom is 0.335 e. The van der Waals surface area contributed by atoms with Gasteiger partial charge in [-0.3, -0.25) is 4.68 Å². The number of aromatic carboxylic acids is 1. The summed E-state index contributed by atoms with van der Waals surface area (Å²) >= 11 is 5.89. The second-order valence-electron chi connectivity index (χ2n) is 4.41. The Morgan fingerprint density at radius 3 is 2.71 bits per heavy atom. The van der Waals surface area contributed by atoms with Crippen molar-refractivity contribution in [1.82, 2.24) is 9.78 Å². The van der Waals surface area contributed by atoms with Crippen molar-refractivity contribution in [3.63, 3.8) is 0 Å². The predicted octanol–water partition coefficient (Wildman–Crippen LogP) is 2.23. The molecule has 1 N–H and O–H groups in total. The smallest absolute Gasteiger partial charge is 0.335 e. The first kappa shape index (κ1) is 15.5. The first-order valence-corrected chi connectivity index (χ1v) is 8.13. The van der Waals surface area contributed by atoms with Crippen LogP contribution in [-0.2, 0) is 22.1 Å². The average molecular weight is 329 g/mol. The number of hydrogen-bond donors (Lipinski definition) is 1. The number of carbonyl (C=O) groups is 1. The summed E-state index contributed by atoms with van der Waals surface area (Å²) in [7, 11) is -3.74. The van der Waals surface area contributed by atoms with Crippen molar-refractivity contribution >= 4 is 27.4 Å². The molecule has 1 aromatic carbocycles. The maximum atomic E-state index is 12.4. The topological polar surface area (TPSA) is 89.3 Å². The minimum absolute atomic E-state index is 0.00267. The van der Waals surface area contributed by atoms with Crippen LogP contribution in [0.5, 0.6) is 0 Å². The Morgan fingerprint density at radius 1 is 1.43 bits per heavy atom. The van der Waals surface area contributed by atoms with Crippen molar-refractivity contribution in [2.75, 3.05) is 0 Å². The Morgan fingerprint density at radius 2 is 2.14 bits per heavy atom. The van der Waals surface area contributed by atoms with Crippen LogP contribution in [0, 0.1) is 0 Å². The predicted molar refractivity (Wildman–Crippen MR) is 77.2 cm³/mol. The van der Waals surface area contributed by atoms with E-state index >= 15 is 0 Å². The number of nitrogens with zero attached hydrogens (tertiary/aromatic N) is 2. The van der Waals surface area contributed by atoms with Gasteiger partial charge in [0.2, 0.25) is 0 Å². The molecule has 0 amide bonds. The molecule has 21 heavy (non-hydrogen) atoms. The van der Waals surface area contributed by atoms with E-state index < -0.39 is 15.8 Å². The van der Waals surface area contributed by atoms with Crippen LogP contribution in [0.25, 0.3) is 0 Å². The Kier molecular flexibility index (Phi) is 4.34. The Hall–Kier alpha value is -1.86. The molecular formula is C13H13ClN2O4S. The number of sulfone groups is 1. The molecule has 1 aromatic heterocycles. The summed E-state index contributed by atoms with van der Waals surface area (Å²) in [6.07, 6.45) is 3.10. The van der Waals surface area contributed by atoms with E-state index in [1.165, 1.54) is 18.3 Å². The highest BCUT2D eigenvalue weighted by Gasteiger charge is 2.21. The Labute approximate surface area is 126 Å². The third kappa shape index (κ3) is 3.43. The lowest BCUT2D eigenvalue weighted by molar-refractivity contribution is 0.0696. The normalized spacial score (nSPS) is 11.5. The average Bonchev–Trinajstić information content (AvgIpc) is 2.85. The zero-order chi connectivity index (χ0) is 15.6. The molecule has 0 saturated heterocycles. The molecule has 0 atom stereocenters. The van der Waals surface area contributed by atoms with Crippen molar-refractivity contribution in [2.45, 2.75) is 24.1 Å². The van der Waals surface area contributed by atoms with Gasteiger partial charge in [-0.1, -0.05) is 11.6 Å². The molecule has 0 saturated carbocycles. The second-order valence-corrected chi connectivity index (χ2v) is 6.78. The van der Waals surface area contributed by atoms with Gasteiger partial charge < -0.3 is 5.11 Å². The van der Waals surface area contributed by atoms with E-state index in [0.29, 0.717) is 12.1 Å². The van der Waals surface area contributed by atoms with Crippen LogP contribution in [0.4, 0.5) is 0 Å². The number of halogens is 1. The fraction of sp³-hybridized carbons (Fsp3) is 0.231. The molecule has 2 aromatic rings. The summed E-state index contributed by atoms with van der Waals surface area (Å²) in [5, 5.41) is 12.9. The zero-order valence-corrected chi connectivity index (χ0v) is 12.7. The van der Waals surface area contributed by atoms with E-state index in [0.717, 1.165) is 6.07 Å². The van der Waals surface area contributed by atoms with Crippen LogP contribution in [0.3, 0.4) is 0 Å². The molecule has 0 fully saturated rings. The molecule has 112 valence electrons. The van der Waals surface area contributed by atoms with Gasteiger partial charge in [-0.05, 0) is 25.1 Å². The third-order valence-corrected chi connectivity index (χ3v) is 5.04. The van der Waals surface area contributed by atoms with E-state index in [-0.39, 0.29) is 21.2 Å². The number of benzene rings is 1. The number of aryl methyl sites for hydroxylation is 1. The minimum Gasteiger partial charge on any atom is -0.478 e. The molecule has 0 aliphatic rings. The van der Waals surface area contributed by atoms with Gasteiger partial charge >= 0.3 is 5.97 Å². The standard InChI is InChI=1S/C13H13ClN2O4S/c1-2-16-7-9(6-15-16)8-21(19,20)12-5-10(13(17)18)3-4-11(12)14/h3-7H,2,8H2,1H3,(H,17,18). The molecule has 8 heteroatoms. The number of hydrogen-bond acceptors (Lipinski definition) is 4. The summed E-state index contributed by atoms with van der Waals surface area (Å²) in [5.74, 6) is -1.49. The summed E-state index contributed by atoms with van der Waals surface area (Å²) < 4.78 is 26.4. The second kappa shape index (κ2) is 5.87. The fourth-order valence-corrected chi connectivity index (χ4v) is 3.71. The lowest BCUT2D eigenvalue weighted by Crippen LogP contribution is -2.07. The number of aromatic nitrogens is 2. The van der Waals surface area contributed by atoms with Gasteiger partial charge in [-0.2, -0.15) is 5.10 Å². The van der Waals surface area contributed by atoms with E-state index in [1.54, 1.807) is 10.9 Å². The lowest BCUT2D eigenvalue weighted by Gasteiger charge is -2.06. The van der Waals surface area contributed by atoms with Crippen molar-refractivity contribution in [1.29, 1.82) is 0 Å². The van der Waals surface area contributed by atoms with Gasteiger partial charge in [0.05, 0.1) is 27.4 Å². The number of carboxylic acid groups (broad SMARTS) is 1. The molecule has 0 unspecified atom stereocenters. The van der Waals surface area contributed by atoms with Crippen molar-refractivity contribution in [3.05, 3.63) is 46.7 Å². The molecule has 0 aliphatic carbocycles. The van der Waals surface area contributed by atoms with Crippen LogP contribution in [0.1, 0.15) is 22.8 Å². The van der Waals surface area contributed by atoms with Gasteiger partial charge in [0.1, 0.15) is 0 Å². The molecule has 0 spiro atoms. The lowest BCUT2D eigenvalue weighted by atomic mass is 10.2. The van der Waals surface area contributed by atoms with Crippen LogP contribution in [0.2, 0.25) is 5.02 Å². The Bertz CT molecular complexity index is 783. The van der Waals surface area contributed by atoms with Crippen molar-refractivity contribution in [2.24, 2.45) is 0 Å². The molecule has 0 aliphatic heterocycles. The molecule has 0 bridgehead atoms. The first-order chi connectivity index (χ1) is 9.83. The first-order valence-electron chi connectivity index (χ1n) is 6.10. The third-order valence-electron chi connectivity index (χ3n) is 2.88. The van der Waals surface area contributed by atoms with Crippen molar-refractivity contribution < 1.29 is 18.3 Å². The zero-order valence-electron chi connectivity index (χ0n) is 11.2. The summed E-state index contributed by atoms with van der Waals surface area (Å²) in [6, 6.07) is 3.61. The highest BCUT2D eigenvalue weighted by atomic mass is 35.5. The largest absolute Gasteiger partial charge is 0.478 e. The van der Waals surface area contributed by atoms with Gasteiger partial charge in [0, 0.05) is 18.3 Å². The quantitative estimate of drug-likeness (QED) is 0.909. The molecule has 1 heterocycles. The van der Waals surface area contributed by atoms with Crippen molar-refractivity contribution in [3.8, 4) is 0 Å². The summed E-state index contributed by atoms with van der Waals surface area (Å²) in [5.41, 5.74) is 0.399. The maximum absolute atomic E-state index is 12.4. The molecular weight excluding hydrogens is 316 g/mol. The Balaban J connectivity index is 2.39. The number of rotatable bonds is 5. The van der Waals surface area contributed by atoms with E-state index in [4.69, 9.17) is 16.7 Å². The summed E-state index contributed by atoms with van der Waals surface area (Å²) in [4.78, 5) is 10.8. The highest BCUT2D eigenvalue weighted by Crippen LogP contribution is 2.26. The van der Waals surface area contributed by atoms with Gasteiger partial charge in [-0.15, -0.1) is 0 Å². The SMILES string of the molecule is CCn1cc(CS(=O)(=O)c2cc(C(=O)O)ccc2Cl)cn1. The van der Waals surface area contributed by atoms with Gasteiger partial charge in [0.15, 0.2) is 9.84 Å².